The van der Waals surface area contributed by atoms with Crippen LogP contribution in [0.5, 0.6) is 0 Å². The minimum atomic E-state index is 0.358. The van der Waals surface area contributed by atoms with E-state index in [2.05, 4.69) is 46.6 Å². The van der Waals surface area contributed by atoms with Crippen LogP contribution in [0.25, 0.3) is 21.9 Å². The molecule has 0 radical (unpaired) electrons. The van der Waals surface area contributed by atoms with Gasteiger partial charge in [-0.25, -0.2) is 14.2 Å². The molecule has 5 aromatic rings. The molecule has 3 aromatic heterocycles. The number of hydrogen-bond acceptors (Lipinski definition) is 6. The molecular formula is C22H20N6OS. The quantitative estimate of drug-likeness (QED) is 0.411. The highest BCUT2D eigenvalue weighted by Gasteiger charge is 2.17. The van der Waals surface area contributed by atoms with Gasteiger partial charge in [0.2, 0.25) is 4.96 Å². The Hall–Kier alpha value is -3.36. The van der Waals surface area contributed by atoms with Gasteiger partial charge in [-0.15, -0.1) is 5.10 Å². The Kier molecular flexibility index (Phi) is 4.86. The first-order valence-corrected chi connectivity index (χ1v) is 10.5. The van der Waals surface area contributed by atoms with Gasteiger partial charge in [-0.05, 0) is 26.0 Å². The van der Waals surface area contributed by atoms with Gasteiger partial charge in [-0.1, -0.05) is 64.6 Å². The predicted octanol–water partition coefficient (Wildman–Crippen LogP) is 4.37. The monoisotopic (exact) mass is 416 g/mol. The van der Waals surface area contributed by atoms with Crippen LogP contribution in [0.2, 0.25) is 0 Å². The normalized spacial score (nSPS) is 11.4. The van der Waals surface area contributed by atoms with Crippen LogP contribution < -0.4 is 0 Å². The molecule has 0 spiro atoms. The standard InChI is InChI=1S/C22H20N6OS/c1-15-8-10-17(11-9-15)21-20(28-22(23-21)30-16(2)25-28)14-29-13-18-12-27(26-24-18)19-6-4-3-5-7-19/h3-12H,13-14H2,1-2H3. The molecule has 0 aliphatic carbocycles. The van der Waals surface area contributed by atoms with Gasteiger partial charge in [0.15, 0.2) is 0 Å². The maximum Gasteiger partial charge on any atom is 0.213 e. The van der Waals surface area contributed by atoms with Crippen LogP contribution in [0.15, 0.2) is 60.8 Å². The van der Waals surface area contributed by atoms with Crippen molar-refractivity contribution in [1.29, 1.82) is 0 Å². The summed E-state index contributed by atoms with van der Waals surface area (Å²) in [6, 6.07) is 18.3. The van der Waals surface area contributed by atoms with Crippen molar-refractivity contribution in [2.45, 2.75) is 27.1 Å². The number of aryl methyl sites for hydroxylation is 2. The van der Waals surface area contributed by atoms with E-state index in [-0.39, 0.29) is 0 Å². The summed E-state index contributed by atoms with van der Waals surface area (Å²) in [6.07, 6.45) is 1.88. The zero-order valence-electron chi connectivity index (χ0n) is 16.7. The molecular weight excluding hydrogens is 396 g/mol. The van der Waals surface area contributed by atoms with Crippen molar-refractivity contribution >= 4 is 16.3 Å². The number of imidazole rings is 1. The van der Waals surface area contributed by atoms with Gasteiger partial charge in [0.25, 0.3) is 0 Å². The van der Waals surface area contributed by atoms with Gasteiger partial charge in [0.05, 0.1) is 36.5 Å². The number of fused-ring (bicyclic) bond motifs is 1. The summed E-state index contributed by atoms with van der Waals surface area (Å²) in [6.45, 7) is 4.80. The lowest BCUT2D eigenvalue weighted by Gasteiger charge is -2.05. The van der Waals surface area contributed by atoms with Crippen molar-refractivity contribution in [3.8, 4) is 16.9 Å². The van der Waals surface area contributed by atoms with E-state index >= 15 is 0 Å². The molecule has 0 saturated carbocycles. The van der Waals surface area contributed by atoms with E-state index in [0.717, 1.165) is 38.3 Å². The molecule has 3 heterocycles. The average Bonchev–Trinajstić information content (AvgIpc) is 3.45. The second-order valence-electron chi connectivity index (χ2n) is 7.07. The Bertz CT molecular complexity index is 1290. The van der Waals surface area contributed by atoms with E-state index in [4.69, 9.17) is 9.72 Å². The lowest BCUT2D eigenvalue weighted by Crippen LogP contribution is -2.01. The highest BCUT2D eigenvalue weighted by molar-refractivity contribution is 7.16. The molecule has 0 bridgehead atoms. The summed E-state index contributed by atoms with van der Waals surface area (Å²) in [5, 5.41) is 14.0. The van der Waals surface area contributed by atoms with Crippen LogP contribution in [0.1, 0.15) is 22.0 Å². The Labute approximate surface area is 177 Å². The molecule has 30 heavy (non-hydrogen) atoms. The Morgan fingerprint density at radius 1 is 0.967 bits per heavy atom. The third kappa shape index (κ3) is 3.62. The second kappa shape index (κ2) is 7.81. The molecule has 8 heteroatoms. The molecule has 0 amide bonds. The molecule has 2 aromatic carbocycles. The maximum absolute atomic E-state index is 6.00. The third-order valence-corrected chi connectivity index (χ3v) is 5.60. The van der Waals surface area contributed by atoms with Gasteiger partial charge in [-0.3, -0.25) is 0 Å². The summed E-state index contributed by atoms with van der Waals surface area (Å²) in [5.41, 5.74) is 5.85. The van der Waals surface area contributed by atoms with Crippen molar-refractivity contribution in [1.82, 2.24) is 29.6 Å². The van der Waals surface area contributed by atoms with Crippen molar-refractivity contribution < 1.29 is 4.74 Å². The molecule has 0 N–H and O–H groups in total. The fourth-order valence-corrected chi connectivity index (χ4v) is 4.04. The van der Waals surface area contributed by atoms with Crippen molar-refractivity contribution in [3.63, 3.8) is 0 Å². The molecule has 0 aliphatic heterocycles. The summed E-state index contributed by atoms with van der Waals surface area (Å²) in [7, 11) is 0. The van der Waals surface area contributed by atoms with Crippen molar-refractivity contribution in [3.05, 3.63) is 82.8 Å². The molecule has 150 valence electrons. The van der Waals surface area contributed by atoms with E-state index in [1.54, 1.807) is 16.0 Å². The van der Waals surface area contributed by atoms with Crippen LogP contribution in [-0.2, 0) is 18.0 Å². The highest BCUT2D eigenvalue weighted by Crippen LogP contribution is 2.28. The number of aromatic nitrogens is 6. The van der Waals surface area contributed by atoms with Crippen LogP contribution >= 0.6 is 11.3 Å². The number of nitrogens with zero attached hydrogens (tertiary/aromatic N) is 6. The summed E-state index contributed by atoms with van der Waals surface area (Å²) in [4.78, 5) is 5.68. The van der Waals surface area contributed by atoms with Crippen molar-refractivity contribution in [2.75, 3.05) is 0 Å². The lowest BCUT2D eigenvalue weighted by molar-refractivity contribution is 0.101. The maximum atomic E-state index is 6.00. The molecule has 5 rings (SSSR count). The first-order chi connectivity index (χ1) is 14.7. The fourth-order valence-electron chi connectivity index (χ4n) is 3.28. The van der Waals surface area contributed by atoms with Crippen LogP contribution in [0.4, 0.5) is 0 Å². The van der Waals surface area contributed by atoms with E-state index in [0.29, 0.717) is 13.2 Å². The summed E-state index contributed by atoms with van der Waals surface area (Å²) >= 11 is 1.58. The Balaban J connectivity index is 1.37. The topological polar surface area (TPSA) is 70.1 Å². The predicted molar refractivity (Wildman–Crippen MR) is 116 cm³/mol. The smallest absolute Gasteiger partial charge is 0.213 e. The third-order valence-electron chi connectivity index (χ3n) is 4.77. The average molecular weight is 417 g/mol. The van der Waals surface area contributed by atoms with Gasteiger partial charge in [0.1, 0.15) is 10.7 Å². The molecule has 7 nitrogen and oxygen atoms in total. The van der Waals surface area contributed by atoms with Crippen LogP contribution in [-0.4, -0.2) is 29.6 Å². The number of benzene rings is 2. The van der Waals surface area contributed by atoms with Gasteiger partial charge in [0, 0.05) is 5.56 Å². The van der Waals surface area contributed by atoms with E-state index in [1.807, 2.05) is 48.0 Å². The minimum Gasteiger partial charge on any atom is -0.369 e. The molecule has 0 unspecified atom stereocenters. The number of rotatable bonds is 6. The van der Waals surface area contributed by atoms with E-state index < -0.39 is 0 Å². The highest BCUT2D eigenvalue weighted by atomic mass is 32.1. The minimum absolute atomic E-state index is 0.358. The van der Waals surface area contributed by atoms with Gasteiger partial charge in [-0.2, -0.15) is 5.10 Å². The Morgan fingerprint density at radius 2 is 1.77 bits per heavy atom. The molecule has 0 atom stereocenters. The Morgan fingerprint density at radius 3 is 2.57 bits per heavy atom. The summed E-state index contributed by atoms with van der Waals surface area (Å²) in [5.74, 6) is 0. The van der Waals surface area contributed by atoms with E-state index in [9.17, 15) is 0 Å². The number of hydrogen-bond donors (Lipinski definition) is 0. The number of ether oxygens (including phenoxy) is 1. The lowest BCUT2D eigenvalue weighted by atomic mass is 10.1. The van der Waals surface area contributed by atoms with Crippen molar-refractivity contribution in [2.24, 2.45) is 0 Å². The van der Waals surface area contributed by atoms with Crippen LogP contribution in [0, 0.1) is 13.8 Å². The summed E-state index contributed by atoms with van der Waals surface area (Å²) < 4.78 is 9.64. The first-order valence-electron chi connectivity index (χ1n) is 9.64. The zero-order valence-corrected chi connectivity index (χ0v) is 17.5. The van der Waals surface area contributed by atoms with Crippen LogP contribution in [0.3, 0.4) is 0 Å². The number of para-hydroxylation sites is 1. The molecule has 0 aliphatic rings. The van der Waals surface area contributed by atoms with Gasteiger partial charge >= 0.3 is 0 Å². The molecule has 0 fully saturated rings. The van der Waals surface area contributed by atoms with E-state index in [1.165, 1.54) is 5.56 Å². The largest absolute Gasteiger partial charge is 0.369 e. The fraction of sp³-hybridized carbons (Fsp3) is 0.182. The molecule has 0 saturated heterocycles. The van der Waals surface area contributed by atoms with Gasteiger partial charge < -0.3 is 4.74 Å². The first kappa shape index (κ1) is 18.7. The second-order valence-corrected chi connectivity index (χ2v) is 8.23. The SMILES string of the molecule is Cc1ccc(-c2nc3sc(C)nn3c2COCc2cn(-c3ccccc3)nn2)cc1. The zero-order chi connectivity index (χ0) is 20.5.